The van der Waals surface area contributed by atoms with Gasteiger partial charge in [-0.3, -0.25) is 9.78 Å². The van der Waals surface area contributed by atoms with Crippen LogP contribution >= 0.6 is 0 Å². The third kappa shape index (κ3) is 0.993. The summed E-state index contributed by atoms with van der Waals surface area (Å²) in [6, 6.07) is 3.71. The molecule has 0 spiro atoms. The number of nitrogens with zero attached hydrogens (tertiary/aromatic N) is 1. The number of hydrogen-bond acceptors (Lipinski definition) is 2. The quantitative estimate of drug-likeness (QED) is 0.646. The normalized spacial score (nSPS) is 10.4. The lowest BCUT2D eigenvalue weighted by atomic mass is 10.3. The highest BCUT2D eigenvalue weighted by Gasteiger charge is 2.02. The van der Waals surface area contributed by atoms with Crippen LogP contribution in [0.25, 0.3) is 10.9 Å². The Hall–Kier alpha value is -1.64. The van der Waals surface area contributed by atoms with E-state index >= 15 is 0 Å². The van der Waals surface area contributed by atoms with Crippen molar-refractivity contribution >= 4 is 16.7 Å². The molecule has 0 fully saturated rings. The molecule has 2 heterocycles. The molecule has 3 nitrogen and oxygen atoms in total. The molecule has 0 unspecified atom stereocenters. The van der Waals surface area contributed by atoms with Gasteiger partial charge in [-0.15, -0.1) is 0 Å². The summed E-state index contributed by atoms with van der Waals surface area (Å²) >= 11 is 0. The van der Waals surface area contributed by atoms with Crippen LogP contribution in [0.4, 0.5) is 0 Å². The summed E-state index contributed by atoms with van der Waals surface area (Å²) in [5.74, 6) is 0.0474. The van der Waals surface area contributed by atoms with Gasteiger partial charge in [0.25, 0.3) is 0 Å². The zero-order chi connectivity index (χ0) is 8.55. The van der Waals surface area contributed by atoms with Crippen LogP contribution in [0.3, 0.4) is 0 Å². The van der Waals surface area contributed by atoms with Gasteiger partial charge in [0.2, 0.25) is 0 Å². The van der Waals surface area contributed by atoms with Crippen LogP contribution in [0.1, 0.15) is 17.4 Å². The number of carbonyl (C=O) groups is 1. The maximum absolute atomic E-state index is 11.0. The van der Waals surface area contributed by atoms with Crippen molar-refractivity contribution in [3.8, 4) is 0 Å². The highest BCUT2D eigenvalue weighted by Crippen LogP contribution is 2.13. The minimum atomic E-state index is 0.0474. The second-order valence-corrected chi connectivity index (χ2v) is 2.70. The maximum atomic E-state index is 11.0. The molecule has 12 heavy (non-hydrogen) atoms. The molecule has 2 aromatic heterocycles. The number of rotatable bonds is 1. The molecule has 0 saturated carbocycles. The Bertz CT molecular complexity index is 398. The van der Waals surface area contributed by atoms with Crippen molar-refractivity contribution in [3.63, 3.8) is 0 Å². The molecule has 3 heteroatoms. The van der Waals surface area contributed by atoms with E-state index < -0.39 is 0 Å². The van der Waals surface area contributed by atoms with Gasteiger partial charge in [0.1, 0.15) is 0 Å². The summed E-state index contributed by atoms with van der Waals surface area (Å²) < 4.78 is 0. The fourth-order valence-electron chi connectivity index (χ4n) is 1.16. The lowest BCUT2D eigenvalue weighted by Gasteiger charge is -1.84. The fourth-order valence-corrected chi connectivity index (χ4v) is 1.16. The van der Waals surface area contributed by atoms with E-state index in [2.05, 4.69) is 9.97 Å². The van der Waals surface area contributed by atoms with E-state index in [4.69, 9.17) is 0 Å². The molecule has 0 amide bonds. The van der Waals surface area contributed by atoms with Gasteiger partial charge in [0.15, 0.2) is 5.78 Å². The van der Waals surface area contributed by atoms with Crippen LogP contribution in [0.15, 0.2) is 24.5 Å². The lowest BCUT2D eigenvalue weighted by Crippen LogP contribution is -1.89. The summed E-state index contributed by atoms with van der Waals surface area (Å²) in [5.41, 5.74) is 1.54. The van der Waals surface area contributed by atoms with Gasteiger partial charge in [0.05, 0.1) is 17.4 Å². The predicted octanol–water partition coefficient (Wildman–Crippen LogP) is 1.77. The third-order valence-corrected chi connectivity index (χ3v) is 1.80. The van der Waals surface area contributed by atoms with Gasteiger partial charge in [-0.25, -0.2) is 0 Å². The number of ketones is 1. The zero-order valence-electron chi connectivity index (χ0n) is 6.66. The molecule has 2 aromatic rings. The van der Waals surface area contributed by atoms with E-state index in [0.29, 0.717) is 5.69 Å². The van der Waals surface area contributed by atoms with Crippen LogP contribution in [0.2, 0.25) is 0 Å². The highest BCUT2D eigenvalue weighted by molar-refractivity contribution is 5.97. The number of aromatic nitrogens is 2. The van der Waals surface area contributed by atoms with Gasteiger partial charge >= 0.3 is 0 Å². The molecule has 0 aliphatic heterocycles. The molecule has 0 saturated heterocycles. The van der Waals surface area contributed by atoms with Crippen LogP contribution < -0.4 is 0 Å². The van der Waals surface area contributed by atoms with Crippen molar-refractivity contribution in [1.29, 1.82) is 0 Å². The van der Waals surface area contributed by atoms with Crippen LogP contribution in [-0.4, -0.2) is 15.8 Å². The number of aromatic amines is 1. The van der Waals surface area contributed by atoms with Gasteiger partial charge in [0, 0.05) is 18.5 Å². The standard InChI is InChI=1S/C9H8N2O/c1-6(12)8-4-7-2-3-10-5-9(7)11-8/h2-5,11H,1H3. The van der Waals surface area contributed by atoms with Crippen LogP contribution in [0, 0.1) is 0 Å². The molecule has 0 aliphatic carbocycles. The van der Waals surface area contributed by atoms with E-state index in [1.165, 1.54) is 6.92 Å². The first-order chi connectivity index (χ1) is 5.77. The van der Waals surface area contributed by atoms with Gasteiger partial charge in [-0.1, -0.05) is 0 Å². The number of H-pyrrole nitrogens is 1. The van der Waals surface area contributed by atoms with Gasteiger partial charge in [-0.05, 0) is 12.1 Å². The minimum Gasteiger partial charge on any atom is -0.351 e. The lowest BCUT2D eigenvalue weighted by molar-refractivity contribution is 0.101. The Labute approximate surface area is 69.4 Å². The monoisotopic (exact) mass is 160 g/mol. The SMILES string of the molecule is CC(=O)c1cc2ccncc2[nH]1. The van der Waals surface area contributed by atoms with E-state index in [-0.39, 0.29) is 5.78 Å². The molecular formula is C9H8N2O. The van der Waals surface area contributed by atoms with Gasteiger partial charge in [-0.2, -0.15) is 0 Å². The zero-order valence-corrected chi connectivity index (χ0v) is 6.66. The molecule has 60 valence electrons. The molecular weight excluding hydrogens is 152 g/mol. The molecule has 0 aliphatic rings. The topological polar surface area (TPSA) is 45.8 Å². The number of nitrogens with one attached hydrogen (secondary N) is 1. The molecule has 0 radical (unpaired) electrons. The number of carbonyl (C=O) groups excluding carboxylic acids is 1. The average Bonchev–Trinajstić information content (AvgIpc) is 2.46. The Morgan fingerprint density at radius 1 is 1.58 bits per heavy atom. The largest absolute Gasteiger partial charge is 0.351 e. The second-order valence-electron chi connectivity index (χ2n) is 2.70. The van der Waals surface area contributed by atoms with Crippen LogP contribution in [-0.2, 0) is 0 Å². The predicted molar refractivity (Wildman–Crippen MR) is 46.1 cm³/mol. The molecule has 0 bridgehead atoms. The maximum Gasteiger partial charge on any atom is 0.175 e. The van der Waals surface area contributed by atoms with Crippen LogP contribution in [0.5, 0.6) is 0 Å². The fraction of sp³-hybridized carbons (Fsp3) is 0.111. The molecule has 1 N–H and O–H groups in total. The average molecular weight is 160 g/mol. The summed E-state index contributed by atoms with van der Waals surface area (Å²) in [6.07, 6.45) is 3.42. The summed E-state index contributed by atoms with van der Waals surface area (Å²) in [5, 5.41) is 1.02. The van der Waals surface area contributed by atoms with Crippen molar-refractivity contribution in [3.05, 3.63) is 30.2 Å². The Morgan fingerprint density at radius 2 is 2.42 bits per heavy atom. The first-order valence-electron chi connectivity index (χ1n) is 3.71. The van der Waals surface area contributed by atoms with Crippen molar-refractivity contribution in [2.24, 2.45) is 0 Å². The van der Waals surface area contributed by atoms with Crippen molar-refractivity contribution in [1.82, 2.24) is 9.97 Å². The second kappa shape index (κ2) is 2.44. The Kier molecular flexibility index (Phi) is 1.43. The molecule has 0 atom stereocenters. The van der Waals surface area contributed by atoms with E-state index in [0.717, 1.165) is 10.9 Å². The third-order valence-electron chi connectivity index (χ3n) is 1.80. The van der Waals surface area contributed by atoms with Crippen molar-refractivity contribution < 1.29 is 4.79 Å². The first kappa shape index (κ1) is 7.03. The molecule has 2 rings (SSSR count). The van der Waals surface area contributed by atoms with Gasteiger partial charge < -0.3 is 4.98 Å². The highest BCUT2D eigenvalue weighted by atomic mass is 16.1. The van der Waals surface area contributed by atoms with E-state index in [1.54, 1.807) is 12.4 Å². The summed E-state index contributed by atoms with van der Waals surface area (Å²) in [6.45, 7) is 1.54. The Balaban J connectivity index is 2.70. The number of fused-ring (bicyclic) bond motifs is 1. The van der Waals surface area contributed by atoms with E-state index in [1.807, 2.05) is 12.1 Å². The van der Waals surface area contributed by atoms with Crippen molar-refractivity contribution in [2.75, 3.05) is 0 Å². The smallest absolute Gasteiger partial charge is 0.175 e. The first-order valence-corrected chi connectivity index (χ1v) is 3.71. The Morgan fingerprint density at radius 3 is 3.08 bits per heavy atom. The molecule has 0 aromatic carbocycles. The van der Waals surface area contributed by atoms with E-state index in [9.17, 15) is 4.79 Å². The number of pyridine rings is 1. The van der Waals surface area contributed by atoms with Crippen molar-refractivity contribution in [2.45, 2.75) is 6.92 Å². The summed E-state index contributed by atoms with van der Waals surface area (Å²) in [7, 11) is 0. The number of Topliss-reactive ketones (excluding diaryl/α,β-unsaturated/α-hetero) is 1. The number of hydrogen-bond donors (Lipinski definition) is 1. The summed E-state index contributed by atoms with van der Waals surface area (Å²) in [4.78, 5) is 17.9. The minimum absolute atomic E-state index is 0.0474.